The van der Waals surface area contributed by atoms with Crippen molar-refractivity contribution in [2.75, 3.05) is 20.8 Å². The Bertz CT molecular complexity index is 931. The molecule has 0 aliphatic carbocycles. The van der Waals surface area contributed by atoms with Gasteiger partial charge in [-0.1, -0.05) is 25.0 Å². The summed E-state index contributed by atoms with van der Waals surface area (Å²) < 4.78 is 18.2. The lowest BCUT2D eigenvalue weighted by atomic mass is 10.1. The Labute approximate surface area is 179 Å². The van der Waals surface area contributed by atoms with Gasteiger partial charge in [-0.25, -0.2) is 10.5 Å². The molecule has 0 bridgehead atoms. The number of hydroxylamine groups is 1. The summed E-state index contributed by atoms with van der Waals surface area (Å²) in [6, 6.07) is 11.9. The number of fused-ring (bicyclic) bond motifs is 1. The smallest absolute Gasteiger partial charge is 0.243 e. The molecule has 0 saturated heterocycles. The van der Waals surface area contributed by atoms with Crippen LogP contribution in [0.15, 0.2) is 36.4 Å². The summed E-state index contributed by atoms with van der Waals surface area (Å²) in [6.45, 7) is 0.513. The third kappa shape index (κ3) is 5.40. The van der Waals surface area contributed by atoms with Crippen molar-refractivity contribution in [3.8, 4) is 27.8 Å². The number of carbonyl (C=O) groups excluding carboxylic acids is 1. The maximum absolute atomic E-state index is 11.0. The van der Waals surface area contributed by atoms with Gasteiger partial charge in [0, 0.05) is 12.0 Å². The standard InChI is InChI=1S/C22H26N2O5S/c1-27-17-13-15(22-23-16-9-6-7-10-19(16)30-22)14-18(28-2)21(17)29-12-8-4-3-5-11-20(25)24-26/h6-7,9-10,13-14,26H,3-5,8,11-12H2,1-2H3,(H,24,25). The number of benzene rings is 2. The highest BCUT2D eigenvalue weighted by Crippen LogP contribution is 2.43. The van der Waals surface area contributed by atoms with Crippen LogP contribution < -0.4 is 19.7 Å². The Morgan fingerprint density at radius 2 is 1.77 bits per heavy atom. The first-order chi connectivity index (χ1) is 14.7. The zero-order chi connectivity index (χ0) is 21.3. The Morgan fingerprint density at radius 1 is 1.07 bits per heavy atom. The second-order valence-corrected chi connectivity index (χ2v) is 7.77. The molecule has 0 fully saturated rings. The molecule has 8 heteroatoms. The van der Waals surface area contributed by atoms with E-state index in [0.717, 1.165) is 46.5 Å². The highest BCUT2D eigenvalue weighted by Gasteiger charge is 2.17. The van der Waals surface area contributed by atoms with Crippen molar-refractivity contribution in [3.05, 3.63) is 36.4 Å². The first-order valence-corrected chi connectivity index (χ1v) is 10.7. The summed E-state index contributed by atoms with van der Waals surface area (Å²) in [6.07, 6.45) is 3.71. The fraction of sp³-hybridized carbons (Fsp3) is 0.364. The molecular formula is C22H26N2O5S. The number of methoxy groups -OCH3 is 2. The predicted molar refractivity (Wildman–Crippen MR) is 117 cm³/mol. The van der Waals surface area contributed by atoms with Gasteiger partial charge in [-0.05, 0) is 37.1 Å². The highest BCUT2D eigenvalue weighted by atomic mass is 32.1. The van der Waals surface area contributed by atoms with E-state index < -0.39 is 0 Å². The van der Waals surface area contributed by atoms with Crippen LogP contribution in [-0.4, -0.2) is 36.9 Å². The van der Waals surface area contributed by atoms with Crippen LogP contribution in [-0.2, 0) is 4.79 Å². The van der Waals surface area contributed by atoms with Crippen LogP contribution in [0, 0.1) is 0 Å². The SMILES string of the molecule is COc1cc(-c2nc3ccccc3s2)cc(OC)c1OCCCCCCC(=O)NO. The van der Waals surface area contributed by atoms with Gasteiger partial charge >= 0.3 is 0 Å². The fourth-order valence-electron chi connectivity index (χ4n) is 3.11. The molecule has 7 nitrogen and oxygen atoms in total. The van der Waals surface area contributed by atoms with E-state index in [4.69, 9.17) is 24.4 Å². The van der Waals surface area contributed by atoms with Crippen molar-refractivity contribution in [2.24, 2.45) is 0 Å². The van der Waals surface area contributed by atoms with Crippen molar-refractivity contribution in [1.29, 1.82) is 0 Å². The molecule has 0 aliphatic rings. The minimum absolute atomic E-state index is 0.326. The van der Waals surface area contributed by atoms with Gasteiger partial charge in [0.05, 0.1) is 31.0 Å². The predicted octanol–water partition coefficient (Wildman–Crippen LogP) is 4.82. The van der Waals surface area contributed by atoms with Crippen LogP contribution >= 0.6 is 11.3 Å². The van der Waals surface area contributed by atoms with E-state index in [9.17, 15) is 4.79 Å². The number of nitrogens with one attached hydrogen (secondary N) is 1. The number of hydrogen-bond donors (Lipinski definition) is 2. The molecule has 1 aromatic heterocycles. The number of thiazole rings is 1. The molecule has 0 aliphatic heterocycles. The summed E-state index contributed by atoms with van der Waals surface area (Å²) in [4.78, 5) is 15.7. The number of ether oxygens (including phenoxy) is 3. The van der Waals surface area contributed by atoms with Gasteiger partial charge in [0.2, 0.25) is 11.7 Å². The van der Waals surface area contributed by atoms with Crippen molar-refractivity contribution in [2.45, 2.75) is 32.1 Å². The van der Waals surface area contributed by atoms with Crippen molar-refractivity contribution < 1.29 is 24.2 Å². The number of carbonyl (C=O) groups is 1. The number of unbranched alkanes of at least 4 members (excludes halogenated alkanes) is 3. The van der Waals surface area contributed by atoms with E-state index in [0.29, 0.717) is 30.3 Å². The number of nitrogens with zero attached hydrogens (tertiary/aromatic N) is 1. The Morgan fingerprint density at radius 3 is 2.43 bits per heavy atom. The summed E-state index contributed by atoms with van der Waals surface area (Å²) in [5, 5.41) is 9.38. The molecule has 1 heterocycles. The molecule has 0 radical (unpaired) electrons. The third-order valence-electron chi connectivity index (χ3n) is 4.67. The molecule has 2 aromatic carbocycles. The maximum Gasteiger partial charge on any atom is 0.243 e. The Balaban J connectivity index is 1.65. The van der Waals surface area contributed by atoms with E-state index in [1.54, 1.807) is 31.0 Å². The van der Waals surface area contributed by atoms with Crippen LogP contribution in [0.1, 0.15) is 32.1 Å². The van der Waals surface area contributed by atoms with Crippen molar-refractivity contribution in [1.82, 2.24) is 10.5 Å². The lowest BCUT2D eigenvalue weighted by molar-refractivity contribution is -0.129. The third-order valence-corrected chi connectivity index (χ3v) is 5.76. The van der Waals surface area contributed by atoms with Gasteiger partial charge in [0.15, 0.2) is 11.5 Å². The molecule has 160 valence electrons. The average molecular weight is 431 g/mol. The van der Waals surface area contributed by atoms with Crippen LogP contribution in [0.2, 0.25) is 0 Å². The van der Waals surface area contributed by atoms with E-state index in [1.807, 2.05) is 30.3 Å². The molecule has 30 heavy (non-hydrogen) atoms. The van der Waals surface area contributed by atoms with Gasteiger partial charge < -0.3 is 14.2 Å². The van der Waals surface area contributed by atoms with Crippen LogP contribution in [0.5, 0.6) is 17.2 Å². The zero-order valence-corrected chi connectivity index (χ0v) is 18.0. The number of amides is 1. The van der Waals surface area contributed by atoms with E-state index >= 15 is 0 Å². The highest BCUT2D eigenvalue weighted by molar-refractivity contribution is 7.21. The number of hydrogen-bond acceptors (Lipinski definition) is 7. The molecule has 0 atom stereocenters. The number of aromatic nitrogens is 1. The van der Waals surface area contributed by atoms with Crippen LogP contribution in [0.4, 0.5) is 0 Å². The molecule has 3 aromatic rings. The molecule has 0 unspecified atom stereocenters. The van der Waals surface area contributed by atoms with Gasteiger partial charge in [-0.15, -0.1) is 11.3 Å². The summed E-state index contributed by atoms with van der Waals surface area (Å²) >= 11 is 1.62. The van der Waals surface area contributed by atoms with Gasteiger partial charge in [0.25, 0.3) is 0 Å². The molecule has 0 spiro atoms. The first-order valence-electron chi connectivity index (χ1n) is 9.84. The first kappa shape index (κ1) is 21.9. The van der Waals surface area contributed by atoms with Crippen molar-refractivity contribution in [3.63, 3.8) is 0 Å². The Kier molecular flexibility index (Phi) is 7.87. The molecule has 2 N–H and O–H groups in total. The quantitative estimate of drug-likeness (QED) is 0.258. The van der Waals surface area contributed by atoms with E-state index in [-0.39, 0.29) is 5.91 Å². The zero-order valence-electron chi connectivity index (χ0n) is 17.1. The lowest BCUT2D eigenvalue weighted by Gasteiger charge is -2.15. The van der Waals surface area contributed by atoms with E-state index in [2.05, 4.69) is 6.07 Å². The normalized spacial score (nSPS) is 10.8. The fourth-order valence-corrected chi connectivity index (χ4v) is 4.07. The average Bonchev–Trinajstić information content (AvgIpc) is 3.22. The van der Waals surface area contributed by atoms with E-state index in [1.165, 1.54) is 0 Å². The monoisotopic (exact) mass is 430 g/mol. The second kappa shape index (κ2) is 10.8. The second-order valence-electron chi connectivity index (χ2n) is 6.74. The molecule has 3 rings (SSSR count). The maximum atomic E-state index is 11.0. The van der Waals surface area contributed by atoms with Crippen LogP contribution in [0.3, 0.4) is 0 Å². The Hall–Kier alpha value is -2.84. The molecule has 0 saturated carbocycles. The minimum Gasteiger partial charge on any atom is -0.493 e. The van der Waals surface area contributed by atoms with Gasteiger partial charge in [0.1, 0.15) is 5.01 Å². The summed E-state index contributed by atoms with van der Waals surface area (Å²) in [5.74, 6) is 1.42. The number of para-hydroxylation sites is 1. The van der Waals surface area contributed by atoms with Gasteiger partial charge in [-0.2, -0.15) is 0 Å². The van der Waals surface area contributed by atoms with Crippen LogP contribution in [0.25, 0.3) is 20.8 Å². The lowest BCUT2D eigenvalue weighted by Crippen LogP contribution is -2.17. The molecule has 1 amide bonds. The summed E-state index contributed by atoms with van der Waals surface area (Å²) in [5.41, 5.74) is 3.52. The topological polar surface area (TPSA) is 89.9 Å². The number of rotatable bonds is 11. The minimum atomic E-state index is -0.353. The van der Waals surface area contributed by atoms with Gasteiger partial charge in [-0.3, -0.25) is 10.0 Å². The largest absolute Gasteiger partial charge is 0.493 e. The van der Waals surface area contributed by atoms with Crippen molar-refractivity contribution >= 4 is 27.5 Å². The summed E-state index contributed by atoms with van der Waals surface area (Å²) in [7, 11) is 3.21. The molecular weight excluding hydrogens is 404 g/mol.